The normalized spacial score (nSPS) is 11.1. The number of nitrogens with one attached hydrogen (secondary N) is 1. The van der Waals surface area contributed by atoms with Gasteiger partial charge in [-0.25, -0.2) is 4.98 Å². The van der Waals surface area contributed by atoms with E-state index in [0.29, 0.717) is 17.5 Å². The average Bonchev–Trinajstić information content (AvgIpc) is 2.77. The molecule has 2 aromatic rings. The number of benzene rings is 1. The predicted octanol–water partition coefficient (Wildman–Crippen LogP) is 3.74. The monoisotopic (exact) mass is 264 g/mol. The smallest absolute Gasteiger partial charge is 0.181 e. The van der Waals surface area contributed by atoms with Crippen LogP contribution in [0.4, 0.5) is 0 Å². The summed E-state index contributed by atoms with van der Waals surface area (Å²) in [5.41, 5.74) is 1.87. The lowest BCUT2D eigenvalue weighted by Crippen LogP contribution is -2.19. The molecule has 0 amide bonds. The fourth-order valence-corrected chi connectivity index (χ4v) is 1.93. The second kappa shape index (κ2) is 6.03. The van der Waals surface area contributed by atoms with Crippen molar-refractivity contribution in [2.75, 3.05) is 6.54 Å². The van der Waals surface area contributed by atoms with Gasteiger partial charge in [-0.3, -0.25) is 0 Å². The largest absolute Gasteiger partial charge is 0.443 e. The third kappa shape index (κ3) is 3.34. The van der Waals surface area contributed by atoms with Crippen LogP contribution in [0, 0.1) is 5.92 Å². The van der Waals surface area contributed by atoms with Gasteiger partial charge < -0.3 is 9.73 Å². The molecule has 0 radical (unpaired) electrons. The van der Waals surface area contributed by atoms with Crippen molar-refractivity contribution >= 4 is 11.6 Å². The molecule has 3 nitrogen and oxygen atoms in total. The zero-order chi connectivity index (χ0) is 13.0. The summed E-state index contributed by atoms with van der Waals surface area (Å²) < 4.78 is 5.45. The van der Waals surface area contributed by atoms with E-state index < -0.39 is 0 Å². The maximum absolute atomic E-state index is 5.98. The minimum atomic E-state index is 0.617. The molecule has 0 aliphatic carbocycles. The summed E-state index contributed by atoms with van der Waals surface area (Å²) in [6.45, 7) is 6.01. The van der Waals surface area contributed by atoms with Crippen molar-refractivity contribution in [1.82, 2.24) is 10.3 Å². The van der Waals surface area contributed by atoms with Crippen LogP contribution in [0.15, 0.2) is 35.1 Å². The summed E-state index contributed by atoms with van der Waals surface area (Å²) in [5, 5.41) is 4.06. The third-order valence-corrected chi connectivity index (χ3v) is 2.81. The Kier molecular flexibility index (Phi) is 4.39. The first-order valence-electron chi connectivity index (χ1n) is 6.06. The maximum Gasteiger partial charge on any atom is 0.181 e. The molecular formula is C14H17ClN2O. The Hall–Kier alpha value is -1.32. The molecule has 96 valence electrons. The van der Waals surface area contributed by atoms with E-state index in [0.717, 1.165) is 23.6 Å². The fourth-order valence-electron chi connectivity index (χ4n) is 1.74. The van der Waals surface area contributed by atoms with E-state index in [2.05, 4.69) is 24.1 Å². The first-order chi connectivity index (χ1) is 8.66. The van der Waals surface area contributed by atoms with Gasteiger partial charge in [0.05, 0.1) is 0 Å². The summed E-state index contributed by atoms with van der Waals surface area (Å²) in [7, 11) is 0. The van der Waals surface area contributed by atoms with Crippen LogP contribution < -0.4 is 5.32 Å². The predicted molar refractivity (Wildman–Crippen MR) is 73.5 cm³/mol. The molecule has 1 heterocycles. The van der Waals surface area contributed by atoms with Crippen LogP contribution in [0.2, 0.25) is 5.02 Å². The lowest BCUT2D eigenvalue weighted by molar-refractivity contribution is 0.545. The van der Waals surface area contributed by atoms with Gasteiger partial charge in [0.15, 0.2) is 12.2 Å². The molecule has 0 unspecified atom stereocenters. The van der Waals surface area contributed by atoms with Crippen molar-refractivity contribution in [3.8, 4) is 11.3 Å². The lowest BCUT2D eigenvalue weighted by atomic mass is 10.1. The van der Waals surface area contributed by atoms with E-state index in [1.165, 1.54) is 6.39 Å². The van der Waals surface area contributed by atoms with Gasteiger partial charge in [0.1, 0.15) is 5.69 Å². The second-order valence-corrected chi connectivity index (χ2v) is 5.10. The van der Waals surface area contributed by atoms with Crippen LogP contribution in [0.1, 0.15) is 19.5 Å². The molecule has 0 saturated carbocycles. The molecule has 1 aromatic heterocycles. The molecule has 1 N–H and O–H groups in total. The van der Waals surface area contributed by atoms with E-state index in [1.54, 1.807) is 0 Å². The number of aromatic nitrogens is 1. The summed E-state index contributed by atoms with van der Waals surface area (Å²) >= 11 is 5.98. The van der Waals surface area contributed by atoms with E-state index in [9.17, 15) is 0 Å². The van der Waals surface area contributed by atoms with Crippen LogP contribution >= 0.6 is 11.6 Å². The summed E-state index contributed by atoms with van der Waals surface area (Å²) in [5.74, 6) is 1.40. The first kappa shape index (κ1) is 13.1. The Morgan fingerprint density at radius 1 is 1.39 bits per heavy atom. The zero-order valence-electron chi connectivity index (χ0n) is 10.6. The first-order valence-corrected chi connectivity index (χ1v) is 6.43. The fraction of sp³-hybridized carbons (Fsp3) is 0.357. The Morgan fingerprint density at radius 3 is 2.94 bits per heavy atom. The lowest BCUT2D eigenvalue weighted by Gasteiger charge is -2.06. The van der Waals surface area contributed by atoms with E-state index >= 15 is 0 Å². The van der Waals surface area contributed by atoms with Gasteiger partial charge in [0, 0.05) is 17.1 Å². The van der Waals surface area contributed by atoms with Gasteiger partial charge in [0.25, 0.3) is 0 Å². The number of halogens is 1. The van der Waals surface area contributed by atoms with Gasteiger partial charge in [-0.2, -0.15) is 0 Å². The third-order valence-electron chi connectivity index (χ3n) is 2.57. The summed E-state index contributed by atoms with van der Waals surface area (Å²) in [4.78, 5) is 4.25. The molecule has 2 rings (SSSR count). The highest BCUT2D eigenvalue weighted by Gasteiger charge is 2.10. The highest BCUT2D eigenvalue weighted by Crippen LogP contribution is 2.25. The number of hydrogen-bond acceptors (Lipinski definition) is 3. The van der Waals surface area contributed by atoms with Gasteiger partial charge >= 0.3 is 0 Å². The molecule has 0 aliphatic heterocycles. The van der Waals surface area contributed by atoms with Gasteiger partial charge in [-0.1, -0.05) is 37.6 Å². The minimum Gasteiger partial charge on any atom is -0.443 e. The van der Waals surface area contributed by atoms with Crippen LogP contribution in [0.3, 0.4) is 0 Å². The molecule has 0 aliphatic rings. The topological polar surface area (TPSA) is 38.1 Å². The van der Waals surface area contributed by atoms with Crippen molar-refractivity contribution in [3.63, 3.8) is 0 Å². The molecule has 4 heteroatoms. The average molecular weight is 265 g/mol. The Bertz CT molecular complexity index is 508. The van der Waals surface area contributed by atoms with Gasteiger partial charge in [0.2, 0.25) is 0 Å². The van der Waals surface area contributed by atoms with Crippen molar-refractivity contribution < 1.29 is 4.42 Å². The Morgan fingerprint density at radius 2 is 2.22 bits per heavy atom. The molecule has 0 spiro atoms. The van der Waals surface area contributed by atoms with E-state index in [1.807, 2.05) is 24.3 Å². The van der Waals surface area contributed by atoms with Crippen LogP contribution in [0.5, 0.6) is 0 Å². The number of nitrogens with zero attached hydrogens (tertiary/aromatic N) is 1. The van der Waals surface area contributed by atoms with Crippen molar-refractivity contribution in [1.29, 1.82) is 0 Å². The Balaban J connectivity index is 2.12. The van der Waals surface area contributed by atoms with Crippen molar-refractivity contribution in [3.05, 3.63) is 41.4 Å². The van der Waals surface area contributed by atoms with Gasteiger partial charge in [-0.15, -0.1) is 0 Å². The van der Waals surface area contributed by atoms with Crippen molar-refractivity contribution in [2.24, 2.45) is 5.92 Å². The van der Waals surface area contributed by atoms with Crippen LogP contribution in [-0.4, -0.2) is 11.5 Å². The molecule has 0 saturated heterocycles. The number of oxazole rings is 1. The molecule has 1 aromatic carbocycles. The number of hydrogen-bond donors (Lipinski definition) is 1. The summed E-state index contributed by atoms with van der Waals surface area (Å²) in [6.07, 6.45) is 1.47. The number of rotatable bonds is 5. The molecule has 0 bridgehead atoms. The van der Waals surface area contributed by atoms with E-state index in [4.69, 9.17) is 16.0 Å². The van der Waals surface area contributed by atoms with Crippen molar-refractivity contribution in [2.45, 2.75) is 20.4 Å². The van der Waals surface area contributed by atoms with Crippen LogP contribution in [0.25, 0.3) is 11.3 Å². The standard InChI is InChI=1S/C14H17ClN2O/c1-10(2)7-16-8-13-14(18-9-17-13)11-4-3-5-12(15)6-11/h3-6,9-10,16H,7-8H2,1-2H3. The molecular weight excluding hydrogens is 248 g/mol. The quantitative estimate of drug-likeness (QED) is 0.894. The van der Waals surface area contributed by atoms with E-state index in [-0.39, 0.29) is 0 Å². The highest BCUT2D eigenvalue weighted by molar-refractivity contribution is 6.30. The molecule has 18 heavy (non-hydrogen) atoms. The summed E-state index contributed by atoms with van der Waals surface area (Å²) in [6, 6.07) is 7.61. The van der Waals surface area contributed by atoms with Crippen LogP contribution in [-0.2, 0) is 6.54 Å². The Labute approximate surface area is 112 Å². The second-order valence-electron chi connectivity index (χ2n) is 4.66. The van der Waals surface area contributed by atoms with Gasteiger partial charge in [-0.05, 0) is 24.6 Å². The highest BCUT2D eigenvalue weighted by atomic mass is 35.5. The molecule has 0 fully saturated rings. The zero-order valence-corrected chi connectivity index (χ0v) is 11.4. The minimum absolute atomic E-state index is 0.617. The maximum atomic E-state index is 5.98. The molecule has 0 atom stereocenters. The SMILES string of the molecule is CC(C)CNCc1ncoc1-c1cccc(Cl)c1.